The van der Waals surface area contributed by atoms with Gasteiger partial charge in [0, 0.05) is 12.1 Å². The van der Waals surface area contributed by atoms with Gasteiger partial charge in [0.1, 0.15) is 6.17 Å². The number of rotatable bonds is 0. The Kier molecular flexibility index (Phi) is 0.852. The van der Waals surface area contributed by atoms with Crippen LogP contribution < -0.4 is 5.32 Å². The molecule has 2 rings (SSSR count). The van der Waals surface area contributed by atoms with E-state index in [9.17, 15) is 4.39 Å². The normalized spacial score (nSPS) is 52.9. The average Bonchev–Trinajstić information content (AvgIpc) is 2.23. The van der Waals surface area contributed by atoms with Gasteiger partial charge in [0.25, 0.3) is 0 Å². The minimum atomic E-state index is -0.534. The largest absolute Gasteiger partial charge is 0.308 e. The van der Waals surface area contributed by atoms with Gasteiger partial charge in [-0.15, -0.1) is 0 Å². The minimum absolute atomic E-state index is 0.222. The van der Waals surface area contributed by atoms with Crippen LogP contribution in [-0.4, -0.2) is 18.3 Å². The first-order chi connectivity index (χ1) is 3.86. The first-order valence-electron chi connectivity index (χ1n) is 3.26. The van der Waals surface area contributed by atoms with Crippen LogP contribution in [0.3, 0.4) is 0 Å². The third-order valence-corrected chi connectivity index (χ3v) is 2.22. The van der Waals surface area contributed by atoms with Crippen LogP contribution in [0.2, 0.25) is 0 Å². The summed E-state index contributed by atoms with van der Waals surface area (Å²) in [5, 5.41) is 3.20. The maximum atomic E-state index is 12.6. The maximum Gasteiger partial charge on any atom is 0.117 e. The molecule has 2 saturated heterocycles. The molecule has 1 N–H and O–H groups in total. The van der Waals surface area contributed by atoms with E-state index in [2.05, 4.69) is 5.32 Å². The van der Waals surface area contributed by atoms with Crippen LogP contribution in [0.5, 0.6) is 0 Å². The zero-order valence-corrected chi connectivity index (χ0v) is 4.73. The molecular weight excluding hydrogens is 105 g/mol. The first kappa shape index (κ1) is 4.74. The Bertz CT molecular complexity index is 103. The Hall–Kier alpha value is -0.110. The summed E-state index contributed by atoms with van der Waals surface area (Å²) in [6.45, 7) is 0. The van der Waals surface area contributed by atoms with E-state index in [0.717, 1.165) is 12.8 Å². The highest BCUT2D eigenvalue weighted by molar-refractivity contribution is 4.97. The second-order valence-electron chi connectivity index (χ2n) is 2.80. The van der Waals surface area contributed by atoms with Crippen LogP contribution in [-0.2, 0) is 0 Å². The molecule has 0 spiro atoms. The van der Waals surface area contributed by atoms with Crippen molar-refractivity contribution in [2.45, 2.75) is 37.5 Å². The molecule has 3 atom stereocenters. The Morgan fingerprint density at radius 1 is 1.38 bits per heavy atom. The quantitative estimate of drug-likeness (QED) is 0.493. The lowest BCUT2D eigenvalue weighted by Gasteiger charge is -2.09. The molecule has 0 aromatic carbocycles. The molecule has 2 heterocycles. The second-order valence-corrected chi connectivity index (χ2v) is 2.80. The zero-order chi connectivity index (χ0) is 5.56. The highest BCUT2D eigenvalue weighted by Gasteiger charge is 2.38. The molecule has 0 unspecified atom stereocenters. The summed E-state index contributed by atoms with van der Waals surface area (Å²) in [5.41, 5.74) is 0. The molecule has 0 radical (unpaired) electrons. The van der Waals surface area contributed by atoms with E-state index in [4.69, 9.17) is 0 Å². The number of nitrogens with one attached hydrogen (secondary N) is 1. The molecule has 2 heteroatoms. The van der Waals surface area contributed by atoms with Crippen molar-refractivity contribution >= 4 is 0 Å². The summed E-state index contributed by atoms with van der Waals surface area (Å²) in [4.78, 5) is 0. The summed E-state index contributed by atoms with van der Waals surface area (Å²) in [5.74, 6) is 0. The monoisotopic (exact) mass is 115 g/mol. The Balaban J connectivity index is 2.11. The van der Waals surface area contributed by atoms with E-state index in [1.165, 1.54) is 6.42 Å². The van der Waals surface area contributed by atoms with E-state index in [-0.39, 0.29) is 6.04 Å². The van der Waals surface area contributed by atoms with Crippen molar-refractivity contribution in [3.8, 4) is 0 Å². The van der Waals surface area contributed by atoms with Gasteiger partial charge in [0.05, 0.1) is 0 Å². The van der Waals surface area contributed by atoms with Crippen molar-refractivity contribution < 1.29 is 4.39 Å². The van der Waals surface area contributed by atoms with Crippen molar-refractivity contribution in [2.24, 2.45) is 0 Å². The molecule has 2 aliphatic heterocycles. The van der Waals surface area contributed by atoms with Crippen LogP contribution in [0.4, 0.5) is 4.39 Å². The molecular formula is C6H10FN. The van der Waals surface area contributed by atoms with Crippen molar-refractivity contribution in [3.05, 3.63) is 0 Å². The van der Waals surface area contributed by atoms with Crippen LogP contribution in [0.25, 0.3) is 0 Å². The Morgan fingerprint density at radius 2 is 2.25 bits per heavy atom. The van der Waals surface area contributed by atoms with Crippen LogP contribution in [0.1, 0.15) is 19.3 Å². The topological polar surface area (TPSA) is 12.0 Å². The highest BCUT2D eigenvalue weighted by atomic mass is 19.1. The molecule has 0 aromatic heterocycles. The highest BCUT2D eigenvalue weighted by Crippen LogP contribution is 2.29. The van der Waals surface area contributed by atoms with Gasteiger partial charge >= 0.3 is 0 Å². The predicted octanol–water partition coefficient (Wildman–Crippen LogP) is 0.849. The van der Waals surface area contributed by atoms with Crippen LogP contribution >= 0.6 is 0 Å². The molecule has 0 aromatic rings. The number of fused-ring (bicyclic) bond motifs is 2. The minimum Gasteiger partial charge on any atom is -0.308 e. The van der Waals surface area contributed by atoms with Crippen LogP contribution in [0.15, 0.2) is 0 Å². The van der Waals surface area contributed by atoms with Crippen molar-refractivity contribution in [3.63, 3.8) is 0 Å². The zero-order valence-electron chi connectivity index (χ0n) is 4.73. The number of alkyl halides is 1. The van der Waals surface area contributed by atoms with E-state index in [1.807, 2.05) is 0 Å². The van der Waals surface area contributed by atoms with Gasteiger partial charge in [-0.2, -0.15) is 0 Å². The van der Waals surface area contributed by atoms with Crippen molar-refractivity contribution in [2.75, 3.05) is 0 Å². The van der Waals surface area contributed by atoms with Gasteiger partial charge < -0.3 is 5.32 Å². The lowest BCUT2D eigenvalue weighted by molar-refractivity contribution is 0.277. The molecule has 1 nitrogen and oxygen atoms in total. The molecule has 0 amide bonds. The molecule has 46 valence electrons. The summed E-state index contributed by atoms with van der Waals surface area (Å²) < 4.78 is 12.6. The third-order valence-electron chi connectivity index (χ3n) is 2.22. The van der Waals surface area contributed by atoms with Gasteiger partial charge in [0.15, 0.2) is 0 Å². The fourth-order valence-electron chi connectivity index (χ4n) is 1.76. The third kappa shape index (κ3) is 0.494. The summed E-state index contributed by atoms with van der Waals surface area (Å²) in [6, 6.07) is 0.745. The van der Waals surface area contributed by atoms with Gasteiger partial charge in [0.2, 0.25) is 0 Å². The SMILES string of the molecule is F[C@@H]1C[C@@H]2CC[C@H]1N2. The Labute approximate surface area is 48.3 Å². The standard InChI is InChI=1S/C6H10FN/c7-5-3-4-1-2-6(5)8-4/h4-6,8H,1-3H2/t4-,5+,6+/m0/s1. The second kappa shape index (κ2) is 1.44. The first-order valence-corrected chi connectivity index (χ1v) is 3.26. The van der Waals surface area contributed by atoms with Gasteiger partial charge in [-0.1, -0.05) is 0 Å². The van der Waals surface area contributed by atoms with E-state index in [0.29, 0.717) is 6.04 Å². The summed E-state index contributed by atoms with van der Waals surface area (Å²) in [6.07, 6.45) is 2.50. The summed E-state index contributed by atoms with van der Waals surface area (Å²) in [7, 11) is 0. The molecule has 8 heavy (non-hydrogen) atoms. The van der Waals surface area contributed by atoms with Crippen LogP contribution in [0, 0.1) is 0 Å². The molecule has 2 fully saturated rings. The maximum absolute atomic E-state index is 12.6. The van der Waals surface area contributed by atoms with Crippen molar-refractivity contribution in [1.82, 2.24) is 5.32 Å². The fraction of sp³-hybridized carbons (Fsp3) is 1.00. The number of hydrogen-bond acceptors (Lipinski definition) is 1. The fourth-order valence-corrected chi connectivity index (χ4v) is 1.76. The molecule has 0 aliphatic carbocycles. The summed E-state index contributed by atoms with van der Waals surface area (Å²) >= 11 is 0. The number of halogens is 1. The van der Waals surface area contributed by atoms with Gasteiger partial charge in [-0.05, 0) is 19.3 Å². The van der Waals surface area contributed by atoms with E-state index >= 15 is 0 Å². The Morgan fingerprint density at radius 3 is 2.50 bits per heavy atom. The molecule has 2 aliphatic rings. The van der Waals surface area contributed by atoms with E-state index in [1.54, 1.807) is 0 Å². The van der Waals surface area contributed by atoms with Gasteiger partial charge in [-0.25, -0.2) is 4.39 Å². The predicted molar refractivity (Wildman–Crippen MR) is 29.5 cm³/mol. The van der Waals surface area contributed by atoms with E-state index < -0.39 is 6.17 Å². The van der Waals surface area contributed by atoms with Gasteiger partial charge in [-0.3, -0.25) is 0 Å². The average molecular weight is 115 g/mol. The number of hydrogen-bond donors (Lipinski definition) is 1. The lowest BCUT2D eigenvalue weighted by atomic mass is 9.99. The van der Waals surface area contributed by atoms with Crippen molar-refractivity contribution in [1.29, 1.82) is 0 Å². The lowest BCUT2D eigenvalue weighted by Crippen LogP contribution is -2.23. The molecule has 0 saturated carbocycles. The smallest absolute Gasteiger partial charge is 0.117 e. The molecule has 2 bridgehead atoms.